The summed E-state index contributed by atoms with van der Waals surface area (Å²) >= 11 is 0. The minimum Gasteiger partial charge on any atom is -0.493 e. The second kappa shape index (κ2) is 10.6. The molecule has 1 aromatic rings. The van der Waals surface area contributed by atoms with Gasteiger partial charge in [0, 0.05) is 6.07 Å². The zero-order chi connectivity index (χ0) is 14.6. The molecule has 20 heavy (non-hydrogen) atoms. The Morgan fingerprint density at radius 3 is 2.15 bits per heavy atom. The van der Waals surface area contributed by atoms with Gasteiger partial charge >= 0.3 is 0 Å². The summed E-state index contributed by atoms with van der Waals surface area (Å²) in [5, 5.41) is 0. The fourth-order valence-corrected chi connectivity index (χ4v) is 2.04. The van der Waals surface area contributed by atoms with Gasteiger partial charge in [-0.15, -0.1) is 0 Å². The van der Waals surface area contributed by atoms with Gasteiger partial charge in [-0.25, -0.2) is 0 Å². The topological polar surface area (TPSA) is 18.5 Å². The fraction of sp³-hybridized carbons (Fsp3) is 0.611. The van der Waals surface area contributed by atoms with Crippen molar-refractivity contribution in [3.8, 4) is 11.5 Å². The van der Waals surface area contributed by atoms with Crippen molar-refractivity contribution in [2.24, 2.45) is 0 Å². The lowest BCUT2D eigenvalue weighted by atomic mass is 10.1. The average molecular weight is 277 g/mol. The lowest BCUT2D eigenvalue weighted by Gasteiger charge is -2.13. The summed E-state index contributed by atoms with van der Waals surface area (Å²) in [5.41, 5.74) is 1.14. The van der Waals surface area contributed by atoms with Crippen molar-refractivity contribution in [3.63, 3.8) is 0 Å². The van der Waals surface area contributed by atoms with E-state index in [1.807, 2.05) is 19.1 Å². The molecule has 0 atom stereocenters. The standard InChI is InChI=1S/C18H29O2/c1-4-7-9-13-19-17-12-11-16(6-3)18(15-17)20-14-10-8-5-2/h6,11-12,15H,4-5,7-10,13-14H2,1-3H3. The minimum absolute atomic E-state index is 0.786. The molecule has 0 N–H and O–H groups in total. The average Bonchev–Trinajstić information content (AvgIpc) is 2.48. The smallest absolute Gasteiger partial charge is 0.126 e. The first-order valence-electron chi connectivity index (χ1n) is 8.00. The van der Waals surface area contributed by atoms with E-state index in [1.54, 1.807) is 0 Å². The molecule has 0 unspecified atom stereocenters. The maximum atomic E-state index is 5.89. The van der Waals surface area contributed by atoms with Gasteiger partial charge in [0.2, 0.25) is 0 Å². The van der Waals surface area contributed by atoms with Crippen LogP contribution in [0.4, 0.5) is 0 Å². The van der Waals surface area contributed by atoms with Crippen LogP contribution in [0.3, 0.4) is 0 Å². The molecule has 2 nitrogen and oxygen atoms in total. The van der Waals surface area contributed by atoms with Gasteiger partial charge in [-0.05, 0) is 30.9 Å². The molecule has 1 rings (SSSR count). The molecule has 2 heteroatoms. The number of hydrogen-bond acceptors (Lipinski definition) is 2. The van der Waals surface area contributed by atoms with Gasteiger partial charge in [-0.3, -0.25) is 0 Å². The lowest BCUT2D eigenvalue weighted by Crippen LogP contribution is -2.01. The molecule has 0 bridgehead atoms. The lowest BCUT2D eigenvalue weighted by molar-refractivity contribution is 0.290. The maximum absolute atomic E-state index is 5.89. The van der Waals surface area contributed by atoms with Gasteiger partial charge in [-0.2, -0.15) is 0 Å². The Morgan fingerprint density at radius 1 is 0.900 bits per heavy atom. The second-order valence-electron chi connectivity index (χ2n) is 5.10. The van der Waals surface area contributed by atoms with Crippen LogP contribution in [0.1, 0.15) is 64.9 Å². The molecule has 0 amide bonds. The molecule has 0 aliphatic rings. The maximum Gasteiger partial charge on any atom is 0.126 e. The zero-order valence-electron chi connectivity index (χ0n) is 13.3. The first kappa shape index (κ1) is 16.9. The van der Waals surface area contributed by atoms with E-state index in [2.05, 4.69) is 26.3 Å². The monoisotopic (exact) mass is 277 g/mol. The van der Waals surface area contributed by atoms with E-state index >= 15 is 0 Å². The van der Waals surface area contributed by atoms with Crippen molar-refractivity contribution in [2.45, 2.75) is 59.3 Å². The van der Waals surface area contributed by atoms with Gasteiger partial charge in [0.25, 0.3) is 0 Å². The zero-order valence-corrected chi connectivity index (χ0v) is 13.3. The largest absolute Gasteiger partial charge is 0.493 e. The Kier molecular flexibility index (Phi) is 8.93. The fourth-order valence-electron chi connectivity index (χ4n) is 2.04. The van der Waals surface area contributed by atoms with Crippen LogP contribution in [-0.2, 0) is 0 Å². The van der Waals surface area contributed by atoms with E-state index in [0.717, 1.165) is 43.1 Å². The Hall–Kier alpha value is -1.18. The Morgan fingerprint density at radius 2 is 1.55 bits per heavy atom. The number of unbranched alkanes of at least 4 members (excludes halogenated alkanes) is 4. The van der Waals surface area contributed by atoms with E-state index in [4.69, 9.17) is 9.47 Å². The van der Waals surface area contributed by atoms with E-state index in [-0.39, 0.29) is 0 Å². The SMILES string of the molecule is C[CH]c1ccc(OCCCCC)cc1OCCCCC. The number of benzene rings is 1. The summed E-state index contributed by atoms with van der Waals surface area (Å²) in [7, 11) is 0. The molecular weight excluding hydrogens is 248 g/mol. The van der Waals surface area contributed by atoms with Crippen molar-refractivity contribution in [2.75, 3.05) is 13.2 Å². The Bertz CT molecular complexity index is 360. The summed E-state index contributed by atoms with van der Waals surface area (Å²) in [6.45, 7) is 8.02. The van der Waals surface area contributed by atoms with Gasteiger partial charge in [0.05, 0.1) is 13.2 Å². The summed E-state index contributed by atoms with van der Waals surface area (Å²) in [6.07, 6.45) is 9.19. The molecule has 0 aliphatic carbocycles. The molecule has 0 heterocycles. The van der Waals surface area contributed by atoms with Crippen LogP contribution in [-0.4, -0.2) is 13.2 Å². The van der Waals surface area contributed by atoms with Crippen LogP contribution in [0.25, 0.3) is 0 Å². The van der Waals surface area contributed by atoms with Crippen LogP contribution in [0.15, 0.2) is 18.2 Å². The van der Waals surface area contributed by atoms with Gasteiger partial charge in [-0.1, -0.05) is 52.5 Å². The highest BCUT2D eigenvalue weighted by Crippen LogP contribution is 2.26. The van der Waals surface area contributed by atoms with Crippen LogP contribution >= 0.6 is 0 Å². The normalized spacial score (nSPS) is 10.6. The van der Waals surface area contributed by atoms with Crippen LogP contribution < -0.4 is 9.47 Å². The van der Waals surface area contributed by atoms with Crippen molar-refractivity contribution in [1.29, 1.82) is 0 Å². The van der Waals surface area contributed by atoms with E-state index in [1.165, 1.54) is 25.7 Å². The predicted octanol–water partition coefficient (Wildman–Crippen LogP) is 5.40. The van der Waals surface area contributed by atoms with Crippen LogP contribution in [0.5, 0.6) is 11.5 Å². The molecule has 0 aromatic heterocycles. The van der Waals surface area contributed by atoms with Crippen molar-refractivity contribution < 1.29 is 9.47 Å². The van der Waals surface area contributed by atoms with E-state index < -0.39 is 0 Å². The molecule has 0 spiro atoms. The molecule has 0 fully saturated rings. The summed E-state index contributed by atoms with van der Waals surface area (Å²) in [4.78, 5) is 0. The summed E-state index contributed by atoms with van der Waals surface area (Å²) in [6, 6.07) is 6.12. The highest BCUT2D eigenvalue weighted by atomic mass is 16.5. The highest BCUT2D eigenvalue weighted by Gasteiger charge is 2.05. The molecule has 0 saturated carbocycles. The van der Waals surface area contributed by atoms with Crippen molar-refractivity contribution in [3.05, 3.63) is 30.2 Å². The first-order chi connectivity index (χ1) is 9.81. The van der Waals surface area contributed by atoms with Crippen molar-refractivity contribution >= 4 is 0 Å². The molecular formula is C18H29O2. The summed E-state index contributed by atoms with van der Waals surface area (Å²) < 4.78 is 11.7. The first-order valence-corrected chi connectivity index (χ1v) is 8.00. The quantitative estimate of drug-likeness (QED) is 0.504. The number of rotatable bonds is 11. The Balaban J connectivity index is 2.51. The van der Waals surface area contributed by atoms with Gasteiger partial charge < -0.3 is 9.47 Å². The number of ether oxygens (including phenoxy) is 2. The molecule has 0 saturated heterocycles. The number of hydrogen-bond donors (Lipinski definition) is 0. The van der Waals surface area contributed by atoms with Gasteiger partial charge in [0.1, 0.15) is 11.5 Å². The molecule has 1 radical (unpaired) electrons. The van der Waals surface area contributed by atoms with Gasteiger partial charge in [0.15, 0.2) is 0 Å². The van der Waals surface area contributed by atoms with Crippen LogP contribution in [0.2, 0.25) is 0 Å². The summed E-state index contributed by atoms with van der Waals surface area (Å²) in [5.74, 6) is 1.86. The third-order valence-corrected chi connectivity index (χ3v) is 3.32. The Labute approximate surface area is 124 Å². The molecule has 113 valence electrons. The van der Waals surface area contributed by atoms with Crippen molar-refractivity contribution in [1.82, 2.24) is 0 Å². The molecule has 0 aliphatic heterocycles. The highest BCUT2D eigenvalue weighted by molar-refractivity contribution is 5.44. The minimum atomic E-state index is 0.786. The van der Waals surface area contributed by atoms with E-state index in [9.17, 15) is 0 Å². The second-order valence-corrected chi connectivity index (χ2v) is 5.10. The third-order valence-electron chi connectivity index (χ3n) is 3.32. The van der Waals surface area contributed by atoms with Crippen LogP contribution in [0, 0.1) is 6.42 Å². The molecule has 1 aromatic carbocycles. The van der Waals surface area contributed by atoms with E-state index in [0.29, 0.717) is 0 Å². The predicted molar refractivity (Wildman–Crippen MR) is 85.6 cm³/mol. The third kappa shape index (κ3) is 6.31.